The molecule has 2 rings (SSSR count). The molecule has 1 N–H and O–H groups in total. The van der Waals surface area contributed by atoms with Crippen molar-refractivity contribution in [2.75, 3.05) is 25.6 Å². The summed E-state index contributed by atoms with van der Waals surface area (Å²) in [5, 5.41) is 11.4. The maximum absolute atomic E-state index is 13.6. The molecule has 9 heteroatoms. The van der Waals surface area contributed by atoms with Gasteiger partial charge >= 0.3 is 5.97 Å². The summed E-state index contributed by atoms with van der Waals surface area (Å²) in [6.07, 6.45) is 1.37. The number of nitrogens with one attached hydrogen (secondary N) is 1. The van der Waals surface area contributed by atoms with E-state index >= 15 is 0 Å². The second kappa shape index (κ2) is 10.3. The number of rotatable bonds is 8. The largest absolute Gasteiger partial charge is 0.451 e. The topological polar surface area (TPSA) is 93.3 Å². The van der Waals surface area contributed by atoms with Gasteiger partial charge < -0.3 is 19.4 Å². The Morgan fingerprint density at radius 1 is 1.27 bits per heavy atom. The number of carbonyl (C=O) groups excluding carboxylic acids is 2. The molecule has 0 unspecified atom stereocenters. The van der Waals surface area contributed by atoms with E-state index in [0.717, 1.165) is 29.6 Å². The van der Waals surface area contributed by atoms with Crippen LogP contribution >= 0.6 is 0 Å². The minimum absolute atomic E-state index is 0.299. The normalized spacial score (nSPS) is 11.1. The summed E-state index contributed by atoms with van der Waals surface area (Å²) in [4.78, 5) is 24.0. The number of benzene rings is 1. The Hall–Kier alpha value is -3.51. The Balaban J connectivity index is 2.05. The number of amides is 1. The van der Waals surface area contributed by atoms with E-state index in [1.54, 1.807) is 13.2 Å². The minimum Gasteiger partial charge on any atom is -0.451 e. The molecule has 7 nitrogen and oxygen atoms in total. The van der Waals surface area contributed by atoms with Gasteiger partial charge in [-0.1, -0.05) is 0 Å². The number of nitrogens with zero attached hydrogens (tertiary/aromatic N) is 2. The molecule has 1 amide bonds. The van der Waals surface area contributed by atoms with Crippen LogP contribution in [0.4, 0.5) is 14.5 Å². The molecule has 0 aliphatic heterocycles. The molecule has 0 aliphatic carbocycles. The summed E-state index contributed by atoms with van der Waals surface area (Å²) in [7, 11) is 1.59. The smallest absolute Gasteiger partial charge is 0.349 e. The molecular formula is C21H21F2N3O4. The molecule has 0 fully saturated rings. The number of halogens is 2. The number of hydrogen-bond donors (Lipinski definition) is 1. The molecule has 0 atom stereocenters. The van der Waals surface area contributed by atoms with Gasteiger partial charge in [0.25, 0.3) is 5.91 Å². The predicted octanol–water partition coefficient (Wildman–Crippen LogP) is 3.12. The van der Waals surface area contributed by atoms with Gasteiger partial charge in [0.2, 0.25) is 0 Å². The first-order chi connectivity index (χ1) is 14.3. The van der Waals surface area contributed by atoms with E-state index < -0.39 is 30.1 Å². The van der Waals surface area contributed by atoms with Crippen molar-refractivity contribution < 1.29 is 27.8 Å². The summed E-state index contributed by atoms with van der Waals surface area (Å²) in [6.45, 7) is 4.09. The minimum atomic E-state index is -1.01. The van der Waals surface area contributed by atoms with E-state index in [1.807, 2.05) is 24.5 Å². The number of aromatic nitrogens is 1. The Labute approximate surface area is 172 Å². The fourth-order valence-electron chi connectivity index (χ4n) is 2.78. The fourth-order valence-corrected chi connectivity index (χ4v) is 2.78. The zero-order chi connectivity index (χ0) is 22.3. The van der Waals surface area contributed by atoms with Crippen molar-refractivity contribution in [2.45, 2.75) is 20.4 Å². The van der Waals surface area contributed by atoms with Crippen LogP contribution in [0.5, 0.6) is 0 Å². The number of ether oxygens (including phenoxy) is 2. The summed E-state index contributed by atoms with van der Waals surface area (Å²) in [5.74, 6) is -3.45. The summed E-state index contributed by atoms with van der Waals surface area (Å²) < 4.78 is 38.6. The molecule has 158 valence electrons. The van der Waals surface area contributed by atoms with Crippen molar-refractivity contribution in [3.8, 4) is 6.07 Å². The van der Waals surface area contributed by atoms with Crippen LogP contribution in [0.1, 0.15) is 17.0 Å². The molecule has 0 saturated heterocycles. The Morgan fingerprint density at radius 3 is 2.67 bits per heavy atom. The Morgan fingerprint density at radius 2 is 2.00 bits per heavy atom. The van der Waals surface area contributed by atoms with Crippen molar-refractivity contribution in [3.63, 3.8) is 0 Å². The van der Waals surface area contributed by atoms with Crippen molar-refractivity contribution in [3.05, 3.63) is 58.4 Å². The highest BCUT2D eigenvalue weighted by atomic mass is 19.1. The SMILES string of the molecule is COCCn1c(C)cc(/C=C(\C#N)C(=O)OCC(=O)Nc2cc(F)ccc2F)c1C. The summed E-state index contributed by atoms with van der Waals surface area (Å²) in [5.41, 5.74) is 1.74. The van der Waals surface area contributed by atoms with E-state index in [2.05, 4.69) is 5.32 Å². The van der Waals surface area contributed by atoms with Crippen LogP contribution in [0.25, 0.3) is 6.08 Å². The zero-order valence-corrected chi connectivity index (χ0v) is 16.8. The Kier molecular flexibility index (Phi) is 7.83. The molecule has 0 saturated carbocycles. The van der Waals surface area contributed by atoms with Crippen molar-refractivity contribution >= 4 is 23.6 Å². The quantitative estimate of drug-likeness (QED) is 0.405. The van der Waals surface area contributed by atoms with Crippen molar-refractivity contribution in [1.82, 2.24) is 4.57 Å². The highest BCUT2D eigenvalue weighted by Crippen LogP contribution is 2.19. The van der Waals surface area contributed by atoms with E-state index in [0.29, 0.717) is 18.7 Å². The molecule has 0 spiro atoms. The van der Waals surface area contributed by atoms with Crippen LogP contribution < -0.4 is 5.32 Å². The van der Waals surface area contributed by atoms with Crippen LogP contribution in [0.3, 0.4) is 0 Å². The average molecular weight is 417 g/mol. The first-order valence-corrected chi connectivity index (χ1v) is 8.96. The number of methoxy groups -OCH3 is 1. The lowest BCUT2D eigenvalue weighted by molar-refractivity contribution is -0.142. The van der Waals surface area contributed by atoms with Crippen LogP contribution in [-0.2, 0) is 25.6 Å². The predicted molar refractivity (Wildman–Crippen MR) is 105 cm³/mol. The van der Waals surface area contributed by atoms with Crippen molar-refractivity contribution in [1.29, 1.82) is 5.26 Å². The van der Waals surface area contributed by atoms with Gasteiger partial charge in [0.1, 0.15) is 23.3 Å². The third-order valence-corrected chi connectivity index (χ3v) is 4.31. The van der Waals surface area contributed by atoms with Gasteiger partial charge in [-0.2, -0.15) is 5.26 Å². The number of anilines is 1. The molecule has 0 aliphatic rings. The lowest BCUT2D eigenvalue weighted by atomic mass is 10.1. The number of aryl methyl sites for hydroxylation is 1. The molecular weight excluding hydrogens is 396 g/mol. The third kappa shape index (κ3) is 5.75. The first kappa shape index (κ1) is 22.8. The number of esters is 1. The van der Waals surface area contributed by atoms with Crippen LogP contribution in [0.15, 0.2) is 29.8 Å². The first-order valence-electron chi connectivity index (χ1n) is 8.96. The van der Waals surface area contributed by atoms with Crippen molar-refractivity contribution in [2.24, 2.45) is 0 Å². The van der Waals surface area contributed by atoms with E-state index in [-0.39, 0.29) is 11.3 Å². The van der Waals surface area contributed by atoms with E-state index in [9.17, 15) is 23.6 Å². The van der Waals surface area contributed by atoms with Gasteiger partial charge in [0, 0.05) is 31.1 Å². The molecule has 2 aromatic rings. The Bertz CT molecular complexity index is 1020. The molecule has 1 heterocycles. The highest BCUT2D eigenvalue weighted by Gasteiger charge is 2.16. The van der Waals surface area contributed by atoms with Gasteiger partial charge in [-0.25, -0.2) is 13.6 Å². The van der Waals surface area contributed by atoms with E-state index in [4.69, 9.17) is 9.47 Å². The van der Waals surface area contributed by atoms with Gasteiger partial charge in [0.15, 0.2) is 6.61 Å². The summed E-state index contributed by atoms with van der Waals surface area (Å²) in [6, 6.07) is 6.13. The maximum Gasteiger partial charge on any atom is 0.349 e. The standard InChI is InChI=1S/C21H21F2N3O4/c1-13-8-15(14(2)26(13)6-7-29-3)9-16(11-24)21(28)30-12-20(27)25-19-10-17(22)4-5-18(19)23/h4-5,8-10H,6-7,12H2,1-3H3,(H,25,27)/b16-9+. The van der Waals surface area contributed by atoms with Gasteiger partial charge in [-0.15, -0.1) is 0 Å². The second-order valence-electron chi connectivity index (χ2n) is 6.39. The van der Waals surface area contributed by atoms with Gasteiger partial charge in [-0.05, 0) is 43.7 Å². The van der Waals surface area contributed by atoms with E-state index in [1.165, 1.54) is 6.08 Å². The highest BCUT2D eigenvalue weighted by molar-refractivity contribution is 6.00. The zero-order valence-electron chi connectivity index (χ0n) is 16.8. The van der Waals surface area contributed by atoms with Gasteiger partial charge in [0.05, 0.1) is 12.3 Å². The van der Waals surface area contributed by atoms with Crippen LogP contribution in [0.2, 0.25) is 0 Å². The lowest BCUT2D eigenvalue weighted by Gasteiger charge is -2.08. The van der Waals surface area contributed by atoms with Crippen LogP contribution in [-0.4, -0.2) is 36.8 Å². The second-order valence-corrected chi connectivity index (χ2v) is 6.39. The molecule has 0 bridgehead atoms. The molecule has 30 heavy (non-hydrogen) atoms. The van der Waals surface area contributed by atoms with Gasteiger partial charge in [-0.3, -0.25) is 4.79 Å². The monoisotopic (exact) mass is 417 g/mol. The molecule has 0 radical (unpaired) electrons. The summed E-state index contributed by atoms with van der Waals surface area (Å²) >= 11 is 0. The molecule has 1 aromatic heterocycles. The maximum atomic E-state index is 13.6. The fraction of sp³-hybridized carbons (Fsp3) is 0.286. The average Bonchev–Trinajstić information content (AvgIpc) is 2.98. The van der Waals surface area contributed by atoms with Crippen LogP contribution in [0, 0.1) is 36.8 Å². The molecule has 1 aromatic carbocycles. The number of nitriles is 1. The third-order valence-electron chi connectivity index (χ3n) is 4.31. The number of carbonyl (C=O) groups is 2. The number of hydrogen-bond acceptors (Lipinski definition) is 5. The lowest BCUT2D eigenvalue weighted by Crippen LogP contribution is -2.22.